The summed E-state index contributed by atoms with van der Waals surface area (Å²) < 4.78 is 38.1. The van der Waals surface area contributed by atoms with Crippen molar-refractivity contribution in [3.05, 3.63) is 54.1 Å². The zero-order valence-corrected chi connectivity index (χ0v) is 15.5. The van der Waals surface area contributed by atoms with E-state index in [-0.39, 0.29) is 4.90 Å². The van der Waals surface area contributed by atoms with Gasteiger partial charge in [0.15, 0.2) is 0 Å². The monoisotopic (exact) mass is 359 g/mol. The van der Waals surface area contributed by atoms with Crippen molar-refractivity contribution in [2.45, 2.75) is 24.3 Å². The van der Waals surface area contributed by atoms with Crippen molar-refractivity contribution in [3.8, 4) is 11.5 Å². The number of ether oxygens (including phenoxy) is 2. The minimum atomic E-state index is -3.67. The van der Waals surface area contributed by atoms with E-state index in [4.69, 9.17) is 9.47 Å². The SMILES string of the molecule is COc1ccc(N(C)S(=O)(=O)c2ccc3c(c2)C=CC(C)(C)O3)cc1. The maximum absolute atomic E-state index is 12.9. The number of fused-ring (bicyclic) bond motifs is 1. The average Bonchev–Trinajstić information content (AvgIpc) is 2.60. The van der Waals surface area contributed by atoms with Crippen LogP contribution in [0.4, 0.5) is 5.69 Å². The van der Waals surface area contributed by atoms with Gasteiger partial charge >= 0.3 is 0 Å². The molecule has 0 spiro atoms. The van der Waals surface area contributed by atoms with E-state index in [0.29, 0.717) is 17.2 Å². The van der Waals surface area contributed by atoms with Crippen LogP contribution in [0.25, 0.3) is 6.08 Å². The van der Waals surface area contributed by atoms with Crippen LogP contribution in [0.1, 0.15) is 19.4 Å². The highest BCUT2D eigenvalue weighted by Crippen LogP contribution is 2.33. The van der Waals surface area contributed by atoms with Crippen LogP contribution >= 0.6 is 0 Å². The maximum atomic E-state index is 12.9. The van der Waals surface area contributed by atoms with Gasteiger partial charge in [0.2, 0.25) is 0 Å². The molecule has 1 heterocycles. The van der Waals surface area contributed by atoms with E-state index in [1.807, 2.05) is 26.0 Å². The van der Waals surface area contributed by atoms with Gasteiger partial charge in [0.1, 0.15) is 17.1 Å². The largest absolute Gasteiger partial charge is 0.497 e. The number of nitrogens with zero attached hydrogens (tertiary/aromatic N) is 1. The fraction of sp³-hybridized carbons (Fsp3) is 0.263. The van der Waals surface area contributed by atoms with E-state index in [2.05, 4.69) is 0 Å². The molecule has 5 nitrogen and oxygen atoms in total. The Kier molecular flexibility index (Phi) is 4.24. The van der Waals surface area contributed by atoms with E-state index in [1.54, 1.807) is 49.6 Å². The van der Waals surface area contributed by atoms with E-state index < -0.39 is 15.6 Å². The molecule has 2 aromatic rings. The Morgan fingerprint density at radius 2 is 1.76 bits per heavy atom. The maximum Gasteiger partial charge on any atom is 0.264 e. The predicted molar refractivity (Wildman–Crippen MR) is 98.8 cm³/mol. The lowest BCUT2D eigenvalue weighted by molar-refractivity contribution is 0.159. The molecule has 0 radical (unpaired) electrons. The highest BCUT2D eigenvalue weighted by molar-refractivity contribution is 7.92. The van der Waals surface area contributed by atoms with Crippen LogP contribution in [0.15, 0.2) is 53.4 Å². The first-order valence-corrected chi connectivity index (χ1v) is 9.32. The van der Waals surface area contributed by atoms with Gasteiger partial charge in [-0.2, -0.15) is 0 Å². The van der Waals surface area contributed by atoms with E-state index in [0.717, 1.165) is 5.56 Å². The highest BCUT2D eigenvalue weighted by Gasteiger charge is 2.26. The fourth-order valence-corrected chi connectivity index (χ4v) is 3.84. The van der Waals surface area contributed by atoms with Gasteiger partial charge in [-0.25, -0.2) is 8.42 Å². The number of rotatable bonds is 4. The van der Waals surface area contributed by atoms with Crippen LogP contribution in [0.5, 0.6) is 11.5 Å². The van der Waals surface area contributed by atoms with Crippen molar-refractivity contribution in [3.63, 3.8) is 0 Å². The molecule has 0 saturated carbocycles. The van der Waals surface area contributed by atoms with Gasteiger partial charge in [0.05, 0.1) is 17.7 Å². The molecule has 0 amide bonds. The molecule has 1 aliphatic heterocycles. The minimum absolute atomic E-state index is 0.220. The van der Waals surface area contributed by atoms with Crippen LogP contribution in [0.2, 0.25) is 0 Å². The number of anilines is 1. The molecule has 0 N–H and O–H groups in total. The molecule has 0 atom stereocenters. The third kappa shape index (κ3) is 3.35. The van der Waals surface area contributed by atoms with Gasteiger partial charge in [0.25, 0.3) is 10.0 Å². The van der Waals surface area contributed by atoms with Crippen molar-refractivity contribution in [1.29, 1.82) is 0 Å². The minimum Gasteiger partial charge on any atom is -0.497 e. The normalized spacial score (nSPS) is 15.2. The Morgan fingerprint density at radius 1 is 1.08 bits per heavy atom. The van der Waals surface area contributed by atoms with Crippen LogP contribution in [0.3, 0.4) is 0 Å². The van der Waals surface area contributed by atoms with Crippen LogP contribution < -0.4 is 13.8 Å². The molecule has 0 bridgehead atoms. The summed E-state index contributed by atoms with van der Waals surface area (Å²) in [6, 6.07) is 11.8. The molecule has 25 heavy (non-hydrogen) atoms. The summed E-state index contributed by atoms with van der Waals surface area (Å²) in [6.07, 6.45) is 3.81. The second-order valence-corrected chi connectivity index (χ2v) is 8.38. The summed E-state index contributed by atoms with van der Waals surface area (Å²) in [5.74, 6) is 1.35. The molecule has 0 fully saturated rings. The third-order valence-corrected chi connectivity index (χ3v) is 5.89. The molecular formula is C19H21NO4S. The van der Waals surface area contributed by atoms with Gasteiger partial charge in [-0.3, -0.25) is 4.31 Å². The molecule has 0 unspecified atom stereocenters. The lowest BCUT2D eigenvalue weighted by Gasteiger charge is -2.28. The van der Waals surface area contributed by atoms with Gasteiger partial charge in [-0.15, -0.1) is 0 Å². The van der Waals surface area contributed by atoms with Crippen molar-refractivity contribution >= 4 is 21.8 Å². The summed E-state index contributed by atoms with van der Waals surface area (Å²) in [7, 11) is -0.568. The van der Waals surface area contributed by atoms with Crippen molar-refractivity contribution in [1.82, 2.24) is 0 Å². The van der Waals surface area contributed by atoms with E-state index in [1.165, 1.54) is 11.4 Å². The zero-order valence-electron chi connectivity index (χ0n) is 14.7. The Balaban J connectivity index is 1.94. The van der Waals surface area contributed by atoms with E-state index >= 15 is 0 Å². The van der Waals surface area contributed by atoms with Crippen molar-refractivity contribution in [2.24, 2.45) is 0 Å². The molecule has 6 heteroatoms. The predicted octanol–water partition coefficient (Wildman–Crippen LogP) is 3.70. The molecule has 0 aromatic heterocycles. The van der Waals surface area contributed by atoms with Gasteiger partial charge in [-0.1, -0.05) is 6.08 Å². The Labute approximate surface area is 148 Å². The summed E-state index contributed by atoms with van der Waals surface area (Å²) in [5.41, 5.74) is 0.919. The zero-order chi connectivity index (χ0) is 18.2. The average molecular weight is 359 g/mol. The Morgan fingerprint density at radius 3 is 2.40 bits per heavy atom. The molecule has 2 aromatic carbocycles. The number of sulfonamides is 1. The quantitative estimate of drug-likeness (QED) is 0.835. The summed E-state index contributed by atoms with van der Waals surface area (Å²) >= 11 is 0. The number of hydrogen-bond donors (Lipinski definition) is 0. The van der Waals surface area contributed by atoms with Gasteiger partial charge in [0, 0.05) is 12.6 Å². The van der Waals surface area contributed by atoms with Gasteiger partial charge < -0.3 is 9.47 Å². The topological polar surface area (TPSA) is 55.8 Å². The summed E-state index contributed by atoms with van der Waals surface area (Å²) in [6.45, 7) is 3.91. The second kappa shape index (κ2) is 6.11. The molecule has 132 valence electrons. The smallest absolute Gasteiger partial charge is 0.264 e. The van der Waals surface area contributed by atoms with Gasteiger partial charge in [-0.05, 0) is 62.4 Å². The van der Waals surface area contributed by atoms with Crippen LogP contribution in [-0.2, 0) is 10.0 Å². The summed E-state index contributed by atoms with van der Waals surface area (Å²) in [5, 5.41) is 0. The first kappa shape index (κ1) is 17.4. The molecule has 0 aliphatic carbocycles. The molecule has 1 aliphatic rings. The van der Waals surface area contributed by atoms with Crippen LogP contribution in [-0.4, -0.2) is 28.2 Å². The van der Waals surface area contributed by atoms with E-state index in [9.17, 15) is 8.42 Å². The number of hydrogen-bond acceptors (Lipinski definition) is 4. The van der Waals surface area contributed by atoms with Crippen LogP contribution in [0, 0.1) is 0 Å². The van der Waals surface area contributed by atoms with Crippen molar-refractivity contribution < 1.29 is 17.9 Å². The number of benzene rings is 2. The fourth-order valence-electron chi connectivity index (χ4n) is 2.61. The highest BCUT2D eigenvalue weighted by atomic mass is 32.2. The van der Waals surface area contributed by atoms with Crippen molar-refractivity contribution in [2.75, 3.05) is 18.5 Å². The number of methoxy groups -OCH3 is 1. The Hall–Kier alpha value is -2.47. The standard InChI is InChI=1S/C19H21NO4S/c1-19(2)12-11-14-13-17(9-10-18(14)24-19)25(21,22)20(3)15-5-7-16(23-4)8-6-15/h5-13H,1-4H3. The third-order valence-electron chi connectivity index (χ3n) is 4.11. The molecule has 3 rings (SSSR count). The molecule has 0 saturated heterocycles. The molecular weight excluding hydrogens is 338 g/mol. The summed E-state index contributed by atoms with van der Waals surface area (Å²) in [4.78, 5) is 0.220. The first-order chi connectivity index (χ1) is 11.7. The second-order valence-electron chi connectivity index (χ2n) is 6.41. The lowest BCUT2D eigenvalue weighted by atomic mass is 10.0. The lowest BCUT2D eigenvalue weighted by Crippen LogP contribution is -2.28. The first-order valence-electron chi connectivity index (χ1n) is 7.88. The Bertz CT molecular complexity index is 915.